The SMILES string of the molecule is Cn1cc(C(=O)Nc2ccccc2)c(C(F)(F)F)n1. The first kappa shape index (κ1) is 13.1. The van der Waals surface area contributed by atoms with E-state index >= 15 is 0 Å². The van der Waals surface area contributed by atoms with Crippen molar-refractivity contribution in [2.24, 2.45) is 7.05 Å². The smallest absolute Gasteiger partial charge is 0.322 e. The van der Waals surface area contributed by atoms with E-state index < -0.39 is 23.3 Å². The van der Waals surface area contributed by atoms with Gasteiger partial charge in [-0.2, -0.15) is 18.3 Å². The number of nitrogens with zero attached hydrogens (tertiary/aromatic N) is 2. The predicted octanol–water partition coefficient (Wildman–Crippen LogP) is 2.69. The first-order valence-corrected chi connectivity index (χ1v) is 5.35. The molecule has 0 saturated carbocycles. The Morgan fingerprint density at radius 1 is 1.26 bits per heavy atom. The molecule has 1 heterocycles. The van der Waals surface area contributed by atoms with Crippen LogP contribution >= 0.6 is 0 Å². The Hall–Kier alpha value is -2.31. The van der Waals surface area contributed by atoms with Crippen molar-refractivity contribution in [2.45, 2.75) is 6.18 Å². The number of aromatic nitrogens is 2. The fraction of sp³-hybridized carbons (Fsp3) is 0.167. The van der Waals surface area contributed by atoms with Crippen molar-refractivity contribution < 1.29 is 18.0 Å². The zero-order valence-corrected chi connectivity index (χ0v) is 9.90. The molecule has 1 N–H and O–H groups in total. The highest BCUT2D eigenvalue weighted by atomic mass is 19.4. The highest BCUT2D eigenvalue weighted by Gasteiger charge is 2.38. The van der Waals surface area contributed by atoms with Gasteiger partial charge in [0.25, 0.3) is 5.91 Å². The summed E-state index contributed by atoms with van der Waals surface area (Å²) < 4.78 is 39.1. The molecule has 0 aliphatic carbocycles. The fourth-order valence-corrected chi connectivity index (χ4v) is 1.58. The molecule has 2 aromatic rings. The summed E-state index contributed by atoms with van der Waals surface area (Å²) in [4.78, 5) is 11.8. The average Bonchev–Trinajstić information content (AvgIpc) is 2.72. The van der Waals surface area contributed by atoms with Crippen molar-refractivity contribution >= 4 is 11.6 Å². The Morgan fingerprint density at radius 2 is 1.89 bits per heavy atom. The summed E-state index contributed by atoms with van der Waals surface area (Å²) in [6.07, 6.45) is -3.62. The van der Waals surface area contributed by atoms with Crippen molar-refractivity contribution in [3.05, 3.63) is 47.8 Å². The Balaban J connectivity index is 2.30. The van der Waals surface area contributed by atoms with Crippen LogP contribution in [-0.2, 0) is 13.2 Å². The summed E-state index contributed by atoms with van der Waals surface area (Å²) in [6.45, 7) is 0. The van der Waals surface area contributed by atoms with E-state index in [1.165, 1.54) is 7.05 Å². The number of carbonyl (C=O) groups is 1. The second-order valence-electron chi connectivity index (χ2n) is 3.88. The minimum absolute atomic E-state index is 0.421. The van der Waals surface area contributed by atoms with E-state index in [0.717, 1.165) is 10.9 Å². The highest BCUT2D eigenvalue weighted by Crippen LogP contribution is 2.30. The lowest BCUT2D eigenvalue weighted by atomic mass is 10.2. The van der Waals surface area contributed by atoms with Crippen LogP contribution in [0.3, 0.4) is 0 Å². The summed E-state index contributed by atoms with van der Waals surface area (Å²) in [6, 6.07) is 8.25. The van der Waals surface area contributed by atoms with Crippen molar-refractivity contribution in [3.63, 3.8) is 0 Å². The van der Waals surface area contributed by atoms with E-state index in [4.69, 9.17) is 0 Å². The Kier molecular flexibility index (Phi) is 3.28. The minimum Gasteiger partial charge on any atom is -0.322 e. The summed E-state index contributed by atoms with van der Waals surface area (Å²) in [7, 11) is 1.33. The molecule has 1 aromatic heterocycles. The first-order chi connectivity index (χ1) is 8.88. The third-order valence-electron chi connectivity index (χ3n) is 2.37. The number of hydrogen-bond donors (Lipinski definition) is 1. The van der Waals surface area contributed by atoms with Crippen LogP contribution < -0.4 is 5.32 Å². The van der Waals surface area contributed by atoms with E-state index in [1.54, 1.807) is 30.3 Å². The number of alkyl halides is 3. The third-order valence-corrected chi connectivity index (χ3v) is 2.37. The normalized spacial score (nSPS) is 11.4. The zero-order valence-electron chi connectivity index (χ0n) is 9.90. The molecule has 1 amide bonds. The molecule has 19 heavy (non-hydrogen) atoms. The summed E-state index contributed by atoms with van der Waals surface area (Å²) >= 11 is 0. The molecule has 7 heteroatoms. The summed E-state index contributed by atoms with van der Waals surface area (Å²) in [5.41, 5.74) is -1.27. The monoisotopic (exact) mass is 269 g/mol. The van der Waals surface area contributed by atoms with E-state index in [1.807, 2.05) is 0 Å². The molecule has 2 rings (SSSR count). The number of para-hydroxylation sites is 1. The maximum atomic E-state index is 12.7. The van der Waals surface area contributed by atoms with Gasteiger partial charge < -0.3 is 5.32 Å². The van der Waals surface area contributed by atoms with Crippen molar-refractivity contribution in [1.29, 1.82) is 0 Å². The molecular formula is C12H10F3N3O. The molecule has 0 fully saturated rings. The lowest BCUT2D eigenvalue weighted by Crippen LogP contribution is -2.17. The van der Waals surface area contributed by atoms with Gasteiger partial charge in [0.2, 0.25) is 0 Å². The highest BCUT2D eigenvalue weighted by molar-refractivity contribution is 6.05. The number of benzene rings is 1. The third kappa shape index (κ3) is 2.93. The lowest BCUT2D eigenvalue weighted by Gasteiger charge is -2.07. The number of halogens is 3. The van der Waals surface area contributed by atoms with Crippen LogP contribution in [0, 0.1) is 0 Å². The summed E-state index contributed by atoms with van der Waals surface area (Å²) in [5, 5.41) is 5.67. The molecule has 0 saturated heterocycles. The molecular weight excluding hydrogens is 259 g/mol. The van der Waals surface area contributed by atoms with E-state index in [-0.39, 0.29) is 0 Å². The van der Waals surface area contributed by atoms with Crippen LogP contribution in [0.15, 0.2) is 36.5 Å². The number of hydrogen-bond acceptors (Lipinski definition) is 2. The molecule has 4 nitrogen and oxygen atoms in total. The maximum Gasteiger partial charge on any atom is 0.435 e. The standard InChI is InChI=1S/C12H10F3N3O/c1-18-7-9(10(17-18)12(13,14)15)11(19)16-8-5-3-2-4-6-8/h2-7H,1H3,(H,16,19). The number of anilines is 1. The van der Waals surface area contributed by atoms with Crippen LogP contribution in [0.2, 0.25) is 0 Å². The van der Waals surface area contributed by atoms with Gasteiger partial charge in [0, 0.05) is 18.9 Å². The minimum atomic E-state index is -4.66. The van der Waals surface area contributed by atoms with Gasteiger partial charge in [-0.25, -0.2) is 0 Å². The van der Waals surface area contributed by atoms with Crippen molar-refractivity contribution in [2.75, 3.05) is 5.32 Å². The van der Waals surface area contributed by atoms with Crippen LogP contribution in [-0.4, -0.2) is 15.7 Å². The van der Waals surface area contributed by atoms with Crippen LogP contribution in [0.4, 0.5) is 18.9 Å². The molecule has 100 valence electrons. The van der Waals surface area contributed by atoms with Gasteiger partial charge >= 0.3 is 6.18 Å². The predicted molar refractivity (Wildman–Crippen MR) is 62.6 cm³/mol. The molecule has 0 bridgehead atoms. The summed E-state index contributed by atoms with van der Waals surface area (Å²) in [5.74, 6) is -0.841. The first-order valence-electron chi connectivity index (χ1n) is 5.35. The molecule has 1 aromatic carbocycles. The number of nitrogens with one attached hydrogen (secondary N) is 1. The number of carbonyl (C=O) groups excluding carboxylic acids is 1. The Labute approximate surface area is 106 Å². The molecule has 0 radical (unpaired) electrons. The molecule has 0 atom stereocenters. The molecule has 0 unspecified atom stereocenters. The quantitative estimate of drug-likeness (QED) is 0.911. The second kappa shape index (κ2) is 4.75. The topological polar surface area (TPSA) is 46.9 Å². The second-order valence-corrected chi connectivity index (χ2v) is 3.88. The van der Waals surface area contributed by atoms with E-state index in [9.17, 15) is 18.0 Å². The van der Waals surface area contributed by atoms with Gasteiger partial charge in [0.05, 0.1) is 5.56 Å². The molecule has 0 aliphatic heterocycles. The number of aryl methyl sites for hydroxylation is 1. The van der Waals surface area contributed by atoms with Crippen molar-refractivity contribution in [3.8, 4) is 0 Å². The Bertz CT molecular complexity index is 590. The van der Waals surface area contributed by atoms with Gasteiger partial charge in [0.1, 0.15) is 0 Å². The van der Waals surface area contributed by atoms with E-state index in [0.29, 0.717) is 5.69 Å². The zero-order chi connectivity index (χ0) is 14.0. The van der Waals surface area contributed by atoms with Gasteiger partial charge in [-0.05, 0) is 12.1 Å². The average molecular weight is 269 g/mol. The van der Waals surface area contributed by atoms with Crippen LogP contribution in [0.25, 0.3) is 0 Å². The van der Waals surface area contributed by atoms with E-state index in [2.05, 4.69) is 10.4 Å². The fourth-order valence-electron chi connectivity index (χ4n) is 1.58. The maximum absolute atomic E-state index is 12.7. The number of amides is 1. The van der Waals surface area contributed by atoms with Crippen LogP contribution in [0.1, 0.15) is 16.1 Å². The molecule has 0 aliphatic rings. The van der Waals surface area contributed by atoms with Gasteiger partial charge in [0.15, 0.2) is 5.69 Å². The van der Waals surface area contributed by atoms with Gasteiger partial charge in [-0.15, -0.1) is 0 Å². The Morgan fingerprint density at radius 3 is 2.47 bits per heavy atom. The van der Waals surface area contributed by atoms with Crippen LogP contribution in [0.5, 0.6) is 0 Å². The number of rotatable bonds is 2. The van der Waals surface area contributed by atoms with Gasteiger partial charge in [-0.1, -0.05) is 18.2 Å². The largest absolute Gasteiger partial charge is 0.435 e. The lowest BCUT2D eigenvalue weighted by molar-refractivity contribution is -0.141. The van der Waals surface area contributed by atoms with Gasteiger partial charge in [-0.3, -0.25) is 9.48 Å². The molecule has 0 spiro atoms. The van der Waals surface area contributed by atoms with Crippen molar-refractivity contribution in [1.82, 2.24) is 9.78 Å².